The van der Waals surface area contributed by atoms with Gasteiger partial charge in [-0.25, -0.2) is 0 Å². The van der Waals surface area contributed by atoms with Gasteiger partial charge < -0.3 is 21.3 Å². The lowest BCUT2D eigenvalue weighted by atomic mass is 9.92. The topological polar surface area (TPSA) is 99.8 Å². The summed E-state index contributed by atoms with van der Waals surface area (Å²) in [6.45, 7) is 8.52. The molecule has 4 N–H and O–H groups in total. The quantitative estimate of drug-likeness (QED) is 0.317. The zero-order valence-electron chi connectivity index (χ0n) is 15.2. The van der Waals surface area contributed by atoms with Crippen LogP contribution in [0.1, 0.15) is 40.0 Å². The Balaban J connectivity index is 0.00000529. The van der Waals surface area contributed by atoms with Gasteiger partial charge in [0, 0.05) is 39.6 Å². The maximum atomic E-state index is 12.1. The Labute approximate surface area is 162 Å². The van der Waals surface area contributed by atoms with Crippen molar-refractivity contribution in [1.29, 1.82) is 0 Å². The highest BCUT2D eigenvalue weighted by Gasteiger charge is 2.29. The van der Waals surface area contributed by atoms with Crippen LogP contribution in [0.2, 0.25) is 0 Å². The summed E-state index contributed by atoms with van der Waals surface area (Å²) in [6, 6.07) is 0. The molecule has 0 aromatic carbocycles. The molecule has 0 bridgehead atoms. The molecule has 8 heteroatoms. The summed E-state index contributed by atoms with van der Waals surface area (Å²) in [5.41, 5.74) is 4.79. The second kappa shape index (κ2) is 10.7. The zero-order valence-corrected chi connectivity index (χ0v) is 17.6. The van der Waals surface area contributed by atoms with Crippen LogP contribution in [0.15, 0.2) is 4.99 Å². The molecule has 1 aliphatic heterocycles. The number of carbonyl (C=O) groups excluding carboxylic acids is 2. The lowest BCUT2D eigenvalue weighted by Crippen LogP contribution is -2.51. The van der Waals surface area contributed by atoms with E-state index in [0.29, 0.717) is 19.5 Å². The van der Waals surface area contributed by atoms with E-state index in [9.17, 15) is 9.59 Å². The summed E-state index contributed by atoms with van der Waals surface area (Å²) < 4.78 is 0. The SMILES string of the molecule is CCNC(=O)C(C)(C)CNC(=NC)N1CCCC(CC(N)=O)C1.I. The number of hydrogen-bond donors (Lipinski definition) is 3. The van der Waals surface area contributed by atoms with Crippen molar-refractivity contribution in [2.24, 2.45) is 22.1 Å². The number of nitrogens with one attached hydrogen (secondary N) is 2. The molecule has 1 unspecified atom stereocenters. The van der Waals surface area contributed by atoms with E-state index in [1.54, 1.807) is 7.05 Å². The number of nitrogens with two attached hydrogens (primary N) is 1. The molecule has 1 atom stereocenters. The molecule has 0 saturated carbocycles. The van der Waals surface area contributed by atoms with Crippen LogP contribution in [0.3, 0.4) is 0 Å². The minimum absolute atomic E-state index is 0. The Morgan fingerprint density at radius 3 is 2.54 bits per heavy atom. The fourth-order valence-electron chi connectivity index (χ4n) is 2.82. The fourth-order valence-corrected chi connectivity index (χ4v) is 2.82. The Hall–Kier alpha value is -1.06. The highest BCUT2D eigenvalue weighted by molar-refractivity contribution is 14.0. The second-order valence-electron chi connectivity index (χ2n) is 6.77. The molecule has 0 spiro atoms. The lowest BCUT2D eigenvalue weighted by Gasteiger charge is -2.35. The van der Waals surface area contributed by atoms with Gasteiger partial charge in [-0.05, 0) is 39.5 Å². The number of nitrogens with zero attached hydrogens (tertiary/aromatic N) is 2. The van der Waals surface area contributed by atoms with E-state index >= 15 is 0 Å². The standard InChI is InChI=1S/C16H31N5O2.HI/c1-5-19-14(23)16(2,3)11-20-15(18-4)21-8-6-7-12(10-21)9-13(17)22;/h12H,5-11H2,1-4H3,(H2,17,22)(H,18,20)(H,19,23);1H. The van der Waals surface area contributed by atoms with E-state index in [4.69, 9.17) is 5.73 Å². The van der Waals surface area contributed by atoms with Crippen LogP contribution in [0.25, 0.3) is 0 Å². The maximum Gasteiger partial charge on any atom is 0.227 e. The first-order valence-electron chi connectivity index (χ1n) is 8.32. The average molecular weight is 453 g/mol. The highest BCUT2D eigenvalue weighted by atomic mass is 127. The normalized spacial score (nSPS) is 18.6. The summed E-state index contributed by atoms with van der Waals surface area (Å²) in [7, 11) is 1.74. The molecule has 140 valence electrons. The van der Waals surface area contributed by atoms with Crippen LogP contribution in [0, 0.1) is 11.3 Å². The molecule has 0 aromatic rings. The molecule has 1 heterocycles. The molecule has 0 aliphatic carbocycles. The summed E-state index contributed by atoms with van der Waals surface area (Å²) in [4.78, 5) is 29.6. The second-order valence-corrected chi connectivity index (χ2v) is 6.77. The van der Waals surface area contributed by atoms with Crippen LogP contribution >= 0.6 is 24.0 Å². The van der Waals surface area contributed by atoms with Crippen molar-refractivity contribution in [3.63, 3.8) is 0 Å². The summed E-state index contributed by atoms with van der Waals surface area (Å²) in [5.74, 6) is 0.818. The Morgan fingerprint density at radius 2 is 2.00 bits per heavy atom. The van der Waals surface area contributed by atoms with E-state index < -0.39 is 5.41 Å². The average Bonchev–Trinajstić information content (AvgIpc) is 2.47. The molecule has 2 amide bonds. The van der Waals surface area contributed by atoms with Gasteiger partial charge in [0.25, 0.3) is 0 Å². The molecule has 0 aromatic heterocycles. The van der Waals surface area contributed by atoms with Gasteiger partial charge in [-0.1, -0.05) is 0 Å². The van der Waals surface area contributed by atoms with Gasteiger partial charge in [-0.3, -0.25) is 14.6 Å². The van der Waals surface area contributed by atoms with Crippen molar-refractivity contribution in [2.75, 3.05) is 33.2 Å². The fraction of sp³-hybridized carbons (Fsp3) is 0.812. The van der Waals surface area contributed by atoms with E-state index in [1.807, 2.05) is 20.8 Å². The molecule has 1 aliphatic rings. The first-order chi connectivity index (χ1) is 10.8. The Bertz CT molecular complexity index is 454. The van der Waals surface area contributed by atoms with Gasteiger partial charge in [-0.2, -0.15) is 0 Å². The monoisotopic (exact) mass is 453 g/mol. The zero-order chi connectivity index (χ0) is 17.5. The van der Waals surface area contributed by atoms with E-state index in [1.165, 1.54) is 0 Å². The number of carbonyl (C=O) groups is 2. The number of amides is 2. The van der Waals surface area contributed by atoms with E-state index in [0.717, 1.165) is 31.9 Å². The molecule has 1 saturated heterocycles. The van der Waals surface area contributed by atoms with Crippen molar-refractivity contribution in [3.05, 3.63) is 0 Å². The van der Waals surface area contributed by atoms with E-state index in [-0.39, 0.29) is 41.7 Å². The number of hydrogen-bond acceptors (Lipinski definition) is 3. The van der Waals surface area contributed by atoms with Gasteiger partial charge >= 0.3 is 0 Å². The van der Waals surface area contributed by atoms with Crippen molar-refractivity contribution in [3.8, 4) is 0 Å². The predicted molar refractivity (Wildman–Crippen MR) is 107 cm³/mol. The molecule has 1 fully saturated rings. The predicted octanol–water partition coefficient (Wildman–Crippen LogP) is 0.930. The van der Waals surface area contributed by atoms with Gasteiger partial charge in [0.2, 0.25) is 11.8 Å². The van der Waals surface area contributed by atoms with Gasteiger partial charge in [-0.15, -0.1) is 24.0 Å². The van der Waals surface area contributed by atoms with Crippen molar-refractivity contribution >= 4 is 41.8 Å². The number of piperidine rings is 1. The smallest absolute Gasteiger partial charge is 0.227 e. The minimum Gasteiger partial charge on any atom is -0.370 e. The Morgan fingerprint density at radius 1 is 1.33 bits per heavy atom. The number of likely N-dealkylation sites (tertiary alicyclic amines) is 1. The third kappa shape index (κ3) is 7.23. The largest absolute Gasteiger partial charge is 0.370 e. The van der Waals surface area contributed by atoms with Crippen LogP contribution < -0.4 is 16.4 Å². The third-order valence-electron chi connectivity index (χ3n) is 4.16. The summed E-state index contributed by atoms with van der Waals surface area (Å²) in [6.07, 6.45) is 2.44. The van der Waals surface area contributed by atoms with Gasteiger partial charge in [0.1, 0.15) is 0 Å². The highest BCUT2D eigenvalue weighted by Crippen LogP contribution is 2.20. The molecule has 1 rings (SSSR count). The maximum absolute atomic E-state index is 12.1. The molecule has 24 heavy (non-hydrogen) atoms. The van der Waals surface area contributed by atoms with Crippen LogP contribution in [0.4, 0.5) is 0 Å². The molecule has 7 nitrogen and oxygen atoms in total. The van der Waals surface area contributed by atoms with Crippen molar-refractivity contribution < 1.29 is 9.59 Å². The third-order valence-corrected chi connectivity index (χ3v) is 4.16. The van der Waals surface area contributed by atoms with Crippen LogP contribution in [0.5, 0.6) is 0 Å². The van der Waals surface area contributed by atoms with Crippen molar-refractivity contribution in [2.45, 2.75) is 40.0 Å². The number of aliphatic imine (C=N–C) groups is 1. The molecular weight excluding hydrogens is 421 g/mol. The minimum atomic E-state index is -0.519. The molecule has 0 radical (unpaired) electrons. The van der Waals surface area contributed by atoms with Crippen molar-refractivity contribution in [1.82, 2.24) is 15.5 Å². The first-order valence-corrected chi connectivity index (χ1v) is 8.32. The van der Waals surface area contributed by atoms with Gasteiger partial charge in [0.15, 0.2) is 5.96 Å². The number of halogens is 1. The lowest BCUT2D eigenvalue weighted by molar-refractivity contribution is -0.129. The summed E-state index contributed by atoms with van der Waals surface area (Å²) in [5, 5.41) is 6.14. The van der Waals surface area contributed by atoms with Crippen LogP contribution in [-0.2, 0) is 9.59 Å². The number of primary amides is 1. The number of guanidine groups is 1. The van der Waals surface area contributed by atoms with Crippen LogP contribution in [-0.4, -0.2) is 55.9 Å². The molecular formula is C16H32IN5O2. The first kappa shape index (κ1) is 22.9. The summed E-state index contributed by atoms with van der Waals surface area (Å²) >= 11 is 0. The van der Waals surface area contributed by atoms with Gasteiger partial charge in [0.05, 0.1) is 5.41 Å². The Kier molecular flexibility index (Phi) is 10.3. The van der Waals surface area contributed by atoms with E-state index in [2.05, 4.69) is 20.5 Å². The number of rotatable bonds is 6.